The molecule has 0 bridgehead atoms. The van der Waals surface area contributed by atoms with Crippen LogP contribution in [0.4, 0.5) is 0 Å². The maximum absolute atomic E-state index is 4.56. The van der Waals surface area contributed by atoms with Crippen LogP contribution in [0.15, 0.2) is 110 Å². The lowest BCUT2D eigenvalue weighted by atomic mass is 9.91. The summed E-state index contributed by atoms with van der Waals surface area (Å²) < 4.78 is 0. The van der Waals surface area contributed by atoms with Gasteiger partial charge in [-0.05, 0) is 74.6 Å². The third-order valence-corrected chi connectivity index (χ3v) is 5.75. The fourth-order valence-corrected chi connectivity index (χ4v) is 4.31. The molecule has 2 aromatic heterocycles. The highest BCUT2D eigenvalue weighted by Crippen LogP contribution is 2.37. The lowest BCUT2D eigenvalue weighted by Crippen LogP contribution is -1.87. The van der Waals surface area contributed by atoms with Crippen LogP contribution in [0.2, 0.25) is 0 Å². The molecule has 0 spiro atoms. The molecule has 0 aliphatic heterocycles. The third-order valence-electron chi connectivity index (χ3n) is 5.75. The molecule has 0 unspecified atom stereocenters. The lowest BCUT2D eigenvalue weighted by Gasteiger charge is -2.13. The highest BCUT2D eigenvalue weighted by Gasteiger charge is 2.10. The number of rotatable bonds is 2. The maximum atomic E-state index is 4.56. The molecule has 0 amide bonds. The molecule has 4 aromatic carbocycles. The quantitative estimate of drug-likeness (QED) is 0.232. The molecule has 6 rings (SSSR count). The van der Waals surface area contributed by atoms with Crippen LogP contribution in [0.5, 0.6) is 0 Å². The van der Waals surface area contributed by atoms with Crippen LogP contribution in [-0.4, -0.2) is 9.97 Å². The highest BCUT2D eigenvalue weighted by atomic mass is 14.6. The Morgan fingerprint density at radius 2 is 1.33 bits per heavy atom. The monoisotopic (exact) mass is 382 g/mol. The molecule has 0 N–H and O–H groups in total. The summed E-state index contributed by atoms with van der Waals surface area (Å²) in [6.07, 6.45) is 5.57. The first-order chi connectivity index (χ1) is 14.9. The van der Waals surface area contributed by atoms with E-state index in [4.69, 9.17) is 0 Å². The normalized spacial score (nSPS) is 11.3. The van der Waals surface area contributed by atoms with Gasteiger partial charge in [0.25, 0.3) is 0 Å². The Kier molecular flexibility index (Phi) is 3.82. The van der Waals surface area contributed by atoms with Gasteiger partial charge in [0.15, 0.2) is 0 Å². The summed E-state index contributed by atoms with van der Waals surface area (Å²) in [6, 6.07) is 32.3. The number of pyridine rings is 2. The second-order valence-corrected chi connectivity index (χ2v) is 7.56. The van der Waals surface area contributed by atoms with Crippen molar-refractivity contribution < 1.29 is 0 Å². The van der Waals surface area contributed by atoms with Crippen LogP contribution in [0.1, 0.15) is 0 Å². The summed E-state index contributed by atoms with van der Waals surface area (Å²) in [5.74, 6) is 0. The number of benzene rings is 4. The van der Waals surface area contributed by atoms with Crippen molar-refractivity contribution in [2.45, 2.75) is 0 Å². The first kappa shape index (κ1) is 16.9. The molecule has 0 aliphatic carbocycles. The molecule has 30 heavy (non-hydrogen) atoms. The van der Waals surface area contributed by atoms with Crippen molar-refractivity contribution in [3.63, 3.8) is 0 Å². The minimum absolute atomic E-state index is 1.02. The Morgan fingerprint density at radius 3 is 2.23 bits per heavy atom. The summed E-state index contributed by atoms with van der Waals surface area (Å²) in [4.78, 5) is 8.84. The molecule has 0 aliphatic rings. The van der Waals surface area contributed by atoms with Crippen molar-refractivity contribution in [1.29, 1.82) is 0 Å². The van der Waals surface area contributed by atoms with Crippen LogP contribution < -0.4 is 0 Å². The van der Waals surface area contributed by atoms with E-state index >= 15 is 0 Å². The van der Waals surface area contributed by atoms with Crippen LogP contribution >= 0.6 is 0 Å². The highest BCUT2D eigenvalue weighted by molar-refractivity contribution is 6.16. The molecule has 2 heteroatoms. The Bertz CT molecular complexity index is 1540. The predicted octanol–water partition coefficient (Wildman–Crippen LogP) is 7.27. The Morgan fingerprint density at radius 1 is 0.500 bits per heavy atom. The van der Waals surface area contributed by atoms with Gasteiger partial charge < -0.3 is 0 Å². The number of hydrogen-bond donors (Lipinski definition) is 0. The molecule has 0 fully saturated rings. The zero-order valence-corrected chi connectivity index (χ0v) is 16.3. The van der Waals surface area contributed by atoms with Crippen LogP contribution in [0, 0.1) is 0 Å². The van der Waals surface area contributed by atoms with E-state index in [-0.39, 0.29) is 0 Å². The standard InChI is InChI=1S/C28H18N2/c1-2-11-25-24(10-1)26(16-23-17-28-21(15-27(23)25)8-5-13-30-28)20-7-3-6-19(14-20)22-9-4-12-29-18-22/h1-18H. The van der Waals surface area contributed by atoms with Crippen LogP contribution in [-0.2, 0) is 0 Å². The first-order valence-corrected chi connectivity index (χ1v) is 10.1. The van der Waals surface area contributed by atoms with E-state index in [0.717, 1.165) is 11.1 Å². The number of hydrogen-bond acceptors (Lipinski definition) is 2. The summed E-state index contributed by atoms with van der Waals surface area (Å²) in [5, 5.41) is 6.17. The molecule has 6 aromatic rings. The largest absolute Gasteiger partial charge is 0.264 e. The van der Waals surface area contributed by atoms with Crippen molar-refractivity contribution in [2.24, 2.45) is 0 Å². The van der Waals surface area contributed by atoms with Crippen LogP contribution in [0.25, 0.3) is 54.7 Å². The van der Waals surface area contributed by atoms with E-state index in [1.807, 2.05) is 30.7 Å². The van der Waals surface area contributed by atoms with Gasteiger partial charge in [-0.1, -0.05) is 54.6 Å². The van der Waals surface area contributed by atoms with Crippen molar-refractivity contribution in [3.05, 3.63) is 110 Å². The van der Waals surface area contributed by atoms with Gasteiger partial charge in [0, 0.05) is 29.5 Å². The Hall–Kier alpha value is -4.04. The van der Waals surface area contributed by atoms with E-state index in [9.17, 15) is 0 Å². The zero-order valence-electron chi connectivity index (χ0n) is 16.3. The molecule has 0 saturated heterocycles. The maximum Gasteiger partial charge on any atom is 0.0708 e. The van der Waals surface area contributed by atoms with E-state index in [1.165, 1.54) is 43.6 Å². The average molecular weight is 382 g/mol. The SMILES string of the molecule is c1cncc(-c2cccc(-c3cc4cc5ncccc5cc4c4ccccc34)c2)c1. The van der Waals surface area contributed by atoms with Gasteiger partial charge in [-0.25, -0.2) is 0 Å². The first-order valence-electron chi connectivity index (χ1n) is 10.1. The number of nitrogens with zero attached hydrogens (tertiary/aromatic N) is 2. The predicted molar refractivity (Wildman–Crippen MR) is 125 cm³/mol. The molecule has 0 saturated carbocycles. The summed E-state index contributed by atoms with van der Waals surface area (Å²) in [5.41, 5.74) is 5.76. The fourth-order valence-electron chi connectivity index (χ4n) is 4.31. The number of fused-ring (bicyclic) bond motifs is 4. The van der Waals surface area contributed by atoms with Crippen LogP contribution in [0.3, 0.4) is 0 Å². The average Bonchev–Trinajstić information content (AvgIpc) is 2.83. The minimum atomic E-state index is 1.02. The Balaban J connectivity index is 1.65. The van der Waals surface area contributed by atoms with Crippen molar-refractivity contribution >= 4 is 32.4 Å². The lowest BCUT2D eigenvalue weighted by molar-refractivity contribution is 1.33. The van der Waals surface area contributed by atoms with Crippen molar-refractivity contribution in [1.82, 2.24) is 9.97 Å². The molecule has 0 radical (unpaired) electrons. The van der Waals surface area contributed by atoms with Gasteiger partial charge in [0.1, 0.15) is 0 Å². The van der Waals surface area contributed by atoms with E-state index in [0.29, 0.717) is 0 Å². The van der Waals surface area contributed by atoms with E-state index < -0.39 is 0 Å². The van der Waals surface area contributed by atoms with Gasteiger partial charge in [-0.15, -0.1) is 0 Å². The van der Waals surface area contributed by atoms with Gasteiger partial charge in [0.2, 0.25) is 0 Å². The molecular weight excluding hydrogens is 364 g/mol. The fraction of sp³-hybridized carbons (Fsp3) is 0. The van der Waals surface area contributed by atoms with Gasteiger partial charge in [0.05, 0.1) is 5.52 Å². The van der Waals surface area contributed by atoms with Gasteiger partial charge in [-0.3, -0.25) is 9.97 Å². The third kappa shape index (κ3) is 2.73. The summed E-state index contributed by atoms with van der Waals surface area (Å²) >= 11 is 0. The topological polar surface area (TPSA) is 25.8 Å². The molecular formula is C28H18N2. The van der Waals surface area contributed by atoms with Crippen molar-refractivity contribution in [2.75, 3.05) is 0 Å². The minimum Gasteiger partial charge on any atom is -0.264 e. The zero-order chi connectivity index (χ0) is 19.9. The second kappa shape index (κ2) is 6.78. The molecule has 140 valence electrons. The number of aromatic nitrogens is 2. The second-order valence-electron chi connectivity index (χ2n) is 7.56. The molecule has 2 nitrogen and oxygen atoms in total. The van der Waals surface area contributed by atoms with Gasteiger partial charge in [-0.2, -0.15) is 0 Å². The summed E-state index contributed by atoms with van der Waals surface area (Å²) in [6.45, 7) is 0. The molecule has 2 heterocycles. The summed E-state index contributed by atoms with van der Waals surface area (Å²) in [7, 11) is 0. The molecule has 0 atom stereocenters. The van der Waals surface area contributed by atoms with Gasteiger partial charge >= 0.3 is 0 Å². The smallest absolute Gasteiger partial charge is 0.0708 e. The van der Waals surface area contributed by atoms with Crippen molar-refractivity contribution in [3.8, 4) is 22.3 Å². The Labute approximate surface area is 174 Å². The van der Waals surface area contributed by atoms with E-state index in [2.05, 4.69) is 88.8 Å². The van der Waals surface area contributed by atoms with E-state index in [1.54, 1.807) is 0 Å².